The van der Waals surface area contributed by atoms with Crippen LogP contribution in [0.25, 0.3) is 0 Å². The monoisotopic (exact) mass is 362 g/mol. The van der Waals surface area contributed by atoms with E-state index in [0.29, 0.717) is 17.5 Å². The number of nitrogens with zero attached hydrogens (tertiary/aromatic N) is 2. The van der Waals surface area contributed by atoms with E-state index < -0.39 is 10.0 Å². The van der Waals surface area contributed by atoms with Crippen molar-refractivity contribution in [2.24, 2.45) is 0 Å². The molecule has 3 rings (SSSR count). The minimum absolute atomic E-state index is 0.233. The molecule has 134 valence electrons. The third kappa shape index (κ3) is 4.45. The normalized spacial score (nSPS) is 15.1. The molecule has 2 aromatic rings. The lowest BCUT2D eigenvalue weighted by Crippen LogP contribution is -2.26. The quantitative estimate of drug-likeness (QED) is 0.759. The molecule has 1 fully saturated rings. The van der Waals surface area contributed by atoms with Gasteiger partial charge in [-0.3, -0.25) is 4.90 Å². The lowest BCUT2D eigenvalue weighted by Gasteiger charge is -2.23. The van der Waals surface area contributed by atoms with Crippen molar-refractivity contribution < 1.29 is 12.8 Å². The van der Waals surface area contributed by atoms with E-state index in [1.165, 1.54) is 30.5 Å². The Hall–Kier alpha value is -1.76. The van der Waals surface area contributed by atoms with E-state index in [1.807, 2.05) is 6.07 Å². The number of hydrogen-bond donors (Lipinski definition) is 0. The topological polar surface area (TPSA) is 40.6 Å². The molecule has 2 aromatic carbocycles. The van der Waals surface area contributed by atoms with Gasteiger partial charge in [-0.25, -0.2) is 17.1 Å². The number of halogens is 1. The molecule has 0 radical (unpaired) electrons. The second-order valence-corrected chi connectivity index (χ2v) is 8.85. The van der Waals surface area contributed by atoms with E-state index in [2.05, 4.69) is 4.90 Å². The van der Waals surface area contributed by atoms with Gasteiger partial charge in [-0.1, -0.05) is 24.3 Å². The van der Waals surface area contributed by atoms with E-state index in [1.54, 1.807) is 30.3 Å². The van der Waals surface area contributed by atoms with E-state index in [0.717, 1.165) is 30.5 Å². The van der Waals surface area contributed by atoms with Crippen molar-refractivity contribution in [2.75, 3.05) is 14.1 Å². The first kappa shape index (κ1) is 18.0. The van der Waals surface area contributed by atoms with Gasteiger partial charge >= 0.3 is 0 Å². The Labute approximate surface area is 148 Å². The molecule has 1 aliphatic rings. The summed E-state index contributed by atoms with van der Waals surface area (Å²) < 4.78 is 38.9. The first-order valence-electron chi connectivity index (χ1n) is 8.36. The SMILES string of the molecule is CN(C)S(=O)(=O)c1cccc(CN(Cc2ccc(F)cc2)C2CC2)c1. The summed E-state index contributed by atoms with van der Waals surface area (Å²) in [6, 6.07) is 14.2. The van der Waals surface area contributed by atoms with Crippen molar-refractivity contribution in [3.63, 3.8) is 0 Å². The van der Waals surface area contributed by atoms with Crippen LogP contribution in [0, 0.1) is 5.82 Å². The zero-order valence-electron chi connectivity index (χ0n) is 14.5. The smallest absolute Gasteiger partial charge is 0.242 e. The average molecular weight is 362 g/mol. The Morgan fingerprint density at radius 1 is 1.00 bits per heavy atom. The summed E-state index contributed by atoms with van der Waals surface area (Å²) in [5, 5.41) is 0. The number of sulfonamides is 1. The predicted octanol–water partition coefficient (Wildman–Crippen LogP) is 3.24. The third-order valence-corrected chi connectivity index (χ3v) is 6.24. The van der Waals surface area contributed by atoms with E-state index in [-0.39, 0.29) is 5.82 Å². The largest absolute Gasteiger partial charge is 0.292 e. The lowest BCUT2D eigenvalue weighted by molar-refractivity contribution is 0.245. The number of benzene rings is 2. The van der Waals surface area contributed by atoms with Gasteiger partial charge in [-0.15, -0.1) is 0 Å². The molecule has 0 aromatic heterocycles. The van der Waals surface area contributed by atoms with Crippen molar-refractivity contribution in [1.29, 1.82) is 0 Å². The van der Waals surface area contributed by atoms with Gasteiger partial charge in [0.15, 0.2) is 0 Å². The highest BCUT2D eigenvalue weighted by molar-refractivity contribution is 7.89. The molecule has 0 bridgehead atoms. The lowest BCUT2D eigenvalue weighted by atomic mass is 10.1. The minimum Gasteiger partial charge on any atom is -0.292 e. The standard InChI is InChI=1S/C19H23FN2O2S/c1-21(2)25(23,24)19-5-3-4-16(12-19)14-22(18-10-11-18)13-15-6-8-17(20)9-7-15/h3-9,12,18H,10-11,13-14H2,1-2H3. The third-order valence-electron chi connectivity index (χ3n) is 4.42. The molecule has 4 nitrogen and oxygen atoms in total. The summed E-state index contributed by atoms with van der Waals surface area (Å²) in [6.45, 7) is 1.41. The fraction of sp³-hybridized carbons (Fsp3) is 0.368. The van der Waals surface area contributed by atoms with Crippen molar-refractivity contribution in [2.45, 2.75) is 36.9 Å². The average Bonchev–Trinajstić information content (AvgIpc) is 3.41. The molecule has 0 saturated heterocycles. The minimum atomic E-state index is -3.43. The van der Waals surface area contributed by atoms with Gasteiger partial charge in [-0.05, 0) is 48.2 Å². The zero-order chi connectivity index (χ0) is 18.0. The van der Waals surface area contributed by atoms with Gasteiger partial charge in [0.1, 0.15) is 5.82 Å². The summed E-state index contributed by atoms with van der Waals surface area (Å²) in [5.41, 5.74) is 2.03. The molecule has 0 unspecified atom stereocenters. The highest BCUT2D eigenvalue weighted by Gasteiger charge is 2.29. The molecule has 0 N–H and O–H groups in total. The van der Waals surface area contributed by atoms with Gasteiger partial charge in [0, 0.05) is 33.2 Å². The van der Waals surface area contributed by atoms with E-state index in [9.17, 15) is 12.8 Å². The van der Waals surface area contributed by atoms with Crippen LogP contribution < -0.4 is 0 Å². The Balaban J connectivity index is 1.78. The van der Waals surface area contributed by atoms with Crippen LogP contribution in [0.1, 0.15) is 24.0 Å². The van der Waals surface area contributed by atoms with Crippen molar-refractivity contribution in [1.82, 2.24) is 9.21 Å². The van der Waals surface area contributed by atoms with Crippen molar-refractivity contribution >= 4 is 10.0 Å². The van der Waals surface area contributed by atoms with Gasteiger partial charge in [0.05, 0.1) is 4.90 Å². The molecule has 25 heavy (non-hydrogen) atoms. The van der Waals surface area contributed by atoms with Crippen LogP contribution in [0.5, 0.6) is 0 Å². The van der Waals surface area contributed by atoms with Crippen molar-refractivity contribution in [3.8, 4) is 0 Å². The maximum Gasteiger partial charge on any atom is 0.242 e. The van der Waals surface area contributed by atoms with Gasteiger partial charge < -0.3 is 0 Å². The second-order valence-electron chi connectivity index (χ2n) is 6.70. The van der Waals surface area contributed by atoms with E-state index >= 15 is 0 Å². The molecule has 0 amide bonds. The van der Waals surface area contributed by atoms with E-state index in [4.69, 9.17) is 0 Å². The highest BCUT2D eigenvalue weighted by atomic mass is 32.2. The van der Waals surface area contributed by atoms with Crippen LogP contribution >= 0.6 is 0 Å². The first-order valence-corrected chi connectivity index (χ1v) is 9.80. The van der Waals surface area contributed by atoms with Crippen LogP contribution in [-0.4, -0.2) is 37.8 Å². The molecule has 0 spiro atoms. The molecule has 6 heteroatoms. The zero-order valence-corrected chi connectivity index (χ0v) is 15.3. The van der Waals surface area contributed by atoms with Gasteiger partial charge in [0.2, 0.25) is 10.0 Å². The second kappa shape index (κ2) is 7.23. The van der Waals surface area contributed by atoms with Crippen LogP contribution in [-0.2, 0) is 23.1 Å². The van der Waals surface area contributed by atoms with Crippen LogP contribution in [0.4, 0.5) is 4.39 Å². The van der Waals surface area contributed by atoms with Crippen molar-refractivity contribution in [3.05, 3.63) is 65.5 Å². The molecule has 1 saturated carbocycles. The summed E-state index contributed by atoms with van der Waals surface area (Å²) >= 11 is 0. The Bertz CT molecular complexity index is 831. The van der Waals surface area contributed by atoms with Crippen LogP contribution in [0.15, 0.2) is 53.4 Å². The fourth-order valence-corrected chi connectivity index (χ4v) is 3.80. The molecule has 0 aliphatic heterocycles. The molecule has 1 aliphatic carbocycles. The number of rotatable bonds is 7. The summed E-state index contributed by atoms with van der Waals surface area (Å²) in [6.07, 6.45) is 2.30. The Kier molecular flexibility index (Phi) is 5.22. The summed E-state index contributed by atoms with van der Waals surface area (Å²) in [4.78, 5) is 2.64. The Morgan fingerprint density at radius 3 is 2.24 bits per heavy atom. The van der Waals surface area contributed by atoms with Crippen LogP contribution in [0.3, 0.4) is 0 Å². The summed E-state index contributed by atoms with van der Waals surface area (Å²) in [7, 11) is -0.361. The summed E-state index contributed by atoms with van der Waals surface area (Å²) in [5.74, 6) is -0.233. The first-order chi connectivity index (χ1) is 11.9. The maximum absolute atomic E-state index is 13.1. The molecule has 0 heterocycles. The Morgan fingerprint density at radius 2 is 1.64 bits per heavy atom. The molecular formula is C19H23FN2O2S. The molecular weight excluding hydrogens is 339 g/mol. The maximum atomic E-state index is 13.1. The fourth-order valence-electron chi connectivity index (χ4n) is 2.83. The highest BCUT2D eigenvalue weighted by Crippen LogP contribution is 2.30. The van der Waals surface area contributed by atoms with Gasteiger partial charge in [-0.2, -0.15) is 0 Å². The predicted molar refractivity (Wildman–Crippen MR) is 96.0 cm³/mol. The molecule has 0 atom stereocenters. The van der Waals surface area contributed by atoms with Gasteiger partial charge in [0.25, 0.3) is 0 Å². The van der Waals surface area contributed by atoms with Crippen LogP contribution in [0.2, 0.25) is 0 Å². The number of hydrogen-bond acceptors (Lipinski definition) is 3.